The second-order valence-electron chi connectivity index (χ2n) is 28.8. The molecule has 0 N–H and O–H groups in total. The van der Waals surface area contributed by atoms with Gasteiger partial charge in [0.05, 0.1) is 16.1 Å². The largest absolute Gasteiger partial charge is 0.455 e. The molecular formula is C76H65BN2OS. The van der Waals surface area contributed by atoms with Gasteiger partial charge in [0.15, 0.2) is 0 Å². The molecule has 8 bridgehead atoms. The van der Waals surface area contributed by atoms with Gasteiger partial charge in [0.1, 0.15) is 11.2 Å². The Bertz CT molecular complexity index is 4720. The first kappa shape index (κ1) is 45.5. The summed E-state index contributed by atoms with van der Waals surface area (Å²) in [5.41, 5.74) is 21.5. The van der Waals surface area contributed by atoms with Gasteiger partial charge >= 0.3 is 6.85 Å². The average molecular weight is 1070 g/mol. The lowest BCUT2D eigenvalue weighted by molar-refractivity contribution is -0.00527. The van der Waals surface area contributed by atoms with Crippen LogP contribution in [0.1, 0.15) is 115 Å². The number of thiophene rings is 1. The Morgan fingerprint density at radius 3 is 1.89 bits per heavy atom. The summed E-state index contributed by atoms with van der Waals surface area (Å²) in [6, 6.07) is 62.8. The van der Waals surface area contributed by atoms with Gasteiger partial charge in [-0.15, -0.1) is 11.3 Å². The van der Waals surface area contributed by atoms with E-state index >= 15 is 0 Å². The predicted molar refractivity (Wildman–Crippen MR) is 341 cm³/mol. The summed E-state index contributed by atoms with van der Waals surface area (Å²) in [5, 5.41) is 10.6. The van der Waals surface area contributed by atoms with Crippen molar-refractivity contribution in [3.05, 3.63) is 174 Å². The van der Waals surface area contributed by atoms with E-state index < -0.39 is 0 Å². The Kier molecular flexibility index (Phi) is 8.72. The number of para-hydroxylation sites is 1. The maximum absolute atomic E-state index is 7.49. The van der Waals surface area contributed by atoms with Gasteiger partial charge in [0.2, 0.25) is 0 Å². The molecular weight excluding hydrogens is 1000 g/mol. The van der Waals surface area contributed by atoms with Gasteiger partial charge in [-0.25, -0.2) is 0 Å². The van der Waals surface area contributed by atoms with E-state index in [9.17, 15) is 0 Å². The van der Waals surface area contributed by atoms with Crippen LogP contribution in [0.15, 0.2) is 162 Å². The summed E-state index contributed by atoms with van der Waals surface area (Å²) in [5.74, 6) is 5.22. The SMILES string of the molecule is CC(C)(C)c1ccc(N2c3cc4c(oc5ccccc54)c4c3B(c3ccc5c(sc6cc7ccccc7cc65)c32)n2c3ccc(C56CC7CC(CC(C7)C5)C6)cc3c3cc(C56CC7CC(CC(C7)C5)C6)cc-4c32)c(-c2ccccc2)c1. The average Bonchev–Trinajstić information content (AvgIpc) is 1.90. The highest BCUT2D eigenvalue weighted by molar-refractivity contribution is 7.26. The molecule has 8 aliphatic carbocycles. The number of benzene rings is 9. The second kappa shape index (κ2) is 15.5. The molecule has 0 saturated heterocycles. The highest BCUT2D eigenvalue weighted by Crippen LogP contribution is 2.64. The topological polar surface area (TPSA) is 21.3 Å². The number of nitrogens with zero attached hydrogens (tertiary/aromatic N) is 2. The van der Waals surface area contributed by atoms with Crippen molar-refractivity contribution in [2.24, 2.45) is 35.5 Å². The maximum Gasteiger partial charge on any atom is 0.333 e. The summed E-state index contributed by atoms with van der Waals surface area (Å²) in [7, 11) is 0. The molecule has 2 aliphatic heterocycles. The number of hydrogen-bond donors (Lipinski definition) is 0. The van der Waals surface area contributed by atoms with E-state index in [1.807, 2.05) is 11.3 Å². The highest BCUT2D eigenvalue weighted by atomic mass is 32.1. The number of hydrogen-bond acceptors (Lipinski definition) is 3. The van der Waals surface area contributed by atoms with E-state index in [2.05, 4.69) is 188 Å². The zero-order chi connectivity index (χ0) is 53.0. The lowest BCUT2D eigenvalue weighted by atomic mass is 9.44. The molecule has 0 atom stereocenters. The van der Waals surface area contributed by atoms with Crippen LogP contribution in [0, 0.1) is 35.5 Å². The van der Waals surface area contributed by atoms with Crippen molar-refractivity contribution in [3.63, 3.8) is 0 Å². The molecule has 394 valence electrons. The molecule has 5 heterocycles. The second-order valence-corrected chi connectivity index (χ2v) is 29.9. The van der Waals surface area contributed by atoms with Gasteiger partial charge in [0, 0.05) is 70.4 Å². The van der Waals surface area contributed by atoms with Crippen LogP contribution in [0.5, 0.6) is 0 Å². The summed E-state index contributed by atoms with van der Waals surface area (Å²) in [6.07, 6.45) is 16.9. The van der Waals surface area contributed by atoms with Crippen molar-refractivity contribution in [1.29, 1.82) is 0 Å². The molecule has 8 fully saturated rings. The van der Waals surface area contributed by atoms with Crippen molar-refractivity contribution in [2.75, 3.05) is 4.90 Å². The Morgan fingerprint density at radius 2 is 1.17 bits per heavy atom. The molecule has 22 rings (SSSR count). The quantitative estimate of drug-likeness (QED) is 0.164. The Labute approximate surface area is 478 Å². The van der Waals surface area contributed by atoms with E-state index in [1.54, 1.807) is 11.1 Å². The molecule has 5 heteroatoms. The van der Waals surface area contributed by atoms with Crippen LogP contribution in [-0.2, 0) is 16.2 Å². The Balaban J connectivity index is 0.953. The van der Waals surface area contributed by atoms with Gasteiger partial charge < -0.3 is 13.8 Å². The van der Waals surface area contributed by atoms with Crippen LogP contribution in [0.2, 0.25) is 0 Å². The first-order chi connectivity index (χ1) is 39.6. The number of anilines is 3. The minimum Gasteiger partial charge on any atom is -0.455 e. The fourth-order valence-corrected chi connectivity index (χ4v) is 21.9. The van der Waals surface area contributed by atoms with Gasteiger partial charge in [0.25, 0.3) is 0 Å². The van der Waals surface area contributed by atoms with Crippen LogP contribution < -0.4 is 15.8 Å². The van der Waals surface area contributed by atoms with Crippen LogP contribution in [-0.4, -0.2) is 11.3 Å². The predicted octanol–water partition coefficient (Wildman–Crippen LogP) is 19.5. The molecule has 10 aliphatic rings. The molecule has 0 radical (unpaired) electrons. The molecule has 0 spiro atoms. The number of fused-ring (bicyclic) bond motifs is 16. The van der Waals surface area contributed by atoms with Gasteiger partial charge in [-0.2, -0.15) is 0 Å². The zero-order valence-electron chi connectivity index (χ0n) is 46.7. The fourth-order valence-electron chi connectivity index (χ4n) is 20.6. The lowest BCUT2D eigenvalue weighted by Crippen LogP contribution is -2.56. The van der Waals surface area contributed by atoms with Crippen LogP contribution in [0.3, 0.4) is 0 Å². The normalized spacial score (nSPS) is 26.7. The van der Waals surface area contributed by atoms with E-state index in [4.69, 9.17) is 4.42 Å². The monoisotopic (exact) mass is 1060 g/mol. The Hall–Kier alpha value is -7.08. The highest BCUT2D eigenvalue weighted by Gasteiger charge is 2.54. The van der Waals surface area contributed by atoms with Crippen LogP contribution >= 0.6 is 11.3 Å². The standard InChI is InChI=1S/C76H65BN2OS/c1-74(2,3)51-17-21-63(56(31-51)48-11-5-4-6-12-48)78-65-35-60-54-15-9-10-16-66(54)80-72(60)68-61-34-53(76-39-45-26-46(40-76)28-47(27-45)41-76)33-59-57-32-52(75-36-42-23-43(37-75)25-44(24-42)38-75)18-22-64(57)79(70(59)61)77(69(65)68)62-20-19-55-58-29-49-13-7-8-14-50(49)30-67(58)81-73(55)71(62)78/h4-22,29-35,42-47H,23-28,36-41H2,1-3H3. The third kappa shape index (κ3) is 6.07. The minimum atomic E-state index is -0.107. The third-order valence-corrected chi connectivity index (χ3v) is 24.3. The fraction of sp³-hybridized carbons (Fsp3) is 0.316. The third-order valence-electron chi connectivity index (χ3n) is 23.1. The molecule has 81 heavy (non-hydrogen) atoms. The van der Waals surface area contributed by atoms with Crippen molar-refractivity contribution in [1.82, 2.24) is 4.48 Å². The van der Waals surface area contributed by atoms with Crippen molar-refractivity contribution in [3.8, 4) is 22.3 Å². The molecule has 9 aromatic carbocycles. The summed E-state index contributed by atoms with van der Waals surface area (Å²) >= 11 is 1.99. The number of furan rings is 1. The first-order valence-electron chi connectivity index (χ1n) is 31.1. The number of rotatable bonds is 4. The molecule has 3 nitrogen and oxygen atoms in total. The minimum absolute atomic E-state index is 0.0456. The van der Waals surface area contributed by atoms with Crippen molar-refractivity contribution in [2.45, 2.75) is 114 Å². The molecule has 12 aromatic rings. The molecule has 3 aromatic heterocycles. The van der Waals surface area contributed by atoms with Gasteiger partial charge in [-0.1, -0.05) is 118 Å². The Morgan fingerprint density at radius 1 is 0.519 bits per heavy atom. The smallest absolute Gasteiger partial charge is 0.333 e. The van der Waals surface area contributed by atoms with E-state index in [1.165, 1.54) is 196 Å². The zero-order valence-corrected chi connectivity index (χ0v) is 47.6. The van der Waals surface area contributed by atoms with Crippen molar-refractivity contribution < 1.29 is 4.42 Å². The lowest BCUT2D eigenvalue weighted by Gasteiger charge is -2.57. The van der Waals surface area contributed by atoms with E-state index in [-0.39, 0.29) is 17.7 Å². The molecule has 8 saturated carbocycles. The van der Waals surface area contributed by atoms with Gasteiger partial charge in [-0.3, -0.25) is 0 Å². The van der Waals surface area contributed by atoms with E-state index in [0.29, 0.717) is 5.41 Å². The maximum atomic E-state index is 7.49. The van der Waals surface area contributed by atoms with Crippen molar-refractivity contribution >= 4 is 121 Å². The molecule has 0 unspecified atom stereocenters. The first-order valence-corrected chi connectivity index (χ1v) is 31.9. The van der Waals surface area contributed by atoms with Crippen LogP contribution in [0.4, 0.5) is 17.1 Å². The van der Waals surface area contributed by atoms with Gasteiger partial charge in [-0.05, 0) is 233 Å². The van der Waals surface area contributed by atoms with Crippen LogP contribution in [0.25, 0.3) is 96.9 Å². The molecule has 0 amide bonds. The number of aromatic nitrogens is 1. The van der Waals surface area contributed by atoms with E-state index in [0.717, 1.165) is 46.7 Å². The summed E-state index contributed by atoms with van der Waals surface area (Å²) < 4.78 is 13.1. The summed E-state index contributed by atoms with van der Waals surface area (Å²) in [4.78, 5) is 2.76. The summed E-state index contributed by atoms with van der Waals surface area (Å²) in [6.45, 7) is 6.98.